The van der Waals surface area contributed by atoms with Gasteiger partial charge in [-0.15, -0.1) is 11.3 Å². The van der Waals surface area contributed by atoms with Gasteiger partial charge >= 0.3 is 5.97 Å². The number of hydrogen-bond acceptors (Lipinski definition) is 6. The van der Waals surface area contributed by atoms with Crippen molar-refractivity contribution in [1.82, 2.24) is 9.38 Å². The Balaban J connectivity index is 1.44. The first-order valence-corrected chi connectivity index (χ1v) is 10.4. The molecule has 2 heterocycles. The monoisotopic (exact) mass is 453 g/mol. The highest BCUT2D eigenvalue weighted by Crippen LogP contribution is 2.17. The van der Waals surface area contributed by atoms with E-state index in [4.69, 9.17) is 16.3 Å². The number of aromatic nitrogens is 2. The van der Waals surface area contributed by atoms with Gasteiger partial charge in [0.1, 0.15) is 6.61 Å². The van der Waals surface area contributed by atoms with Crippen molar-refractivity contribution >= 4 is 45.5 Å². The van der Waals surface area contributed by atoms with Crippen LogP contribution in [0.3, 0.4) is 0 Å². The second-order valence-corrected chi connectivity index (χ2v) is 8.35. The molecule has 4 rings (SSSR count). The van der Waals surface area contributed by atoms with E-state index in [1.54, 1.807) is 48.7 Å². The van der Waals surface area contributed by atoms with Gasteiger partial charge in [0.2, 0.25) is 0 Å². The molecule has 0 bridgehead atoms. The zero-order valence-corrected chi connectivity index (χ0v) is 17.9. The van der Waals surface area contributed by atoms with Gasteiger partial charge in [0.05, 0.1) is 11.3 Å². The van der Waals surface area contributed by atoms with Gasteiger partial charge in [-0.2, -0.15) is 0 Å². The van der Waals surface area contributed by atoms with Crippen LogP contribution in [0.4, 0.5) is 5.69 Å². The summed E-state index contributed by atoms with van der Waals surface area (Å²) in [5.41, 5.74) is 1.23. The smallest absolute Gasteiger partial charge is 0.338 e. The van der Waals surface area contributed by atoms with E-state index in [-0.39, 0.29) is 23.6 Å². The number of carbonyl (C=O) groups is 2. The number of nitrogens with one attached hydrogen (secondary N) is 1. The van der Waals surface area contributed by atoms with Crippen LogP contribution in [0.2, 0.25) is 5.02 Å². The van der Waals surface area contributed by atoms with Gasteiger partial charge in [-0.05, 0) is 43.3 Å². The standard InChI is InChI=1S/C22H16ClN3O4S/c1-13-11-26-19(27)10-18(25-22(26)31-13)12-30-21(29)15-5-3-7-17(9-15)24-20(28)14-4-2-6-16(23)8-14/h2-11H,12H2,1H3,(H,24,28). The molecule has 0 aliphatic heterocycles. The molecule has 1 amide bonds. The lowest BCUT2D eigenvalue weighted by molar-refractivity contribution is 0.0467. The van der Waals surface area contributed by atoms with Crippen LogP contribution in [0.15, 0.2) is 65.6 Å². The van der Waals surface area contributed by atoms with E-state index in [9.17, 15) is 14.4 Å². The minimum atomic E-state index is -0.594. The molecule has 0 saturated heterocycles. The normalized spacial score (nSPS) is 10.8. The molecule has 0 aliphatic carbocycles. The third kappa shape index (κ3) is 4.82. The lowest BCUT2D eigenvalue weighted by atomic mass is 10.1. The number of ether oxygens (including phenoxy) is 1. The van der Waals surface area contributed by atoms with Crippen LogP contribution in [0.25, 0.3) is 4.96 Å². The van der Waals surface area contributed by atoms with Crippen molar-refractivity contribution in [3.05, 3.63) is 97.9 Å². The van der Waals surface area contributed by atoms with Gasteiger partial charge in [0, 0.05) is 33.4 Å². The predicted octanol–water partition coefficient (Wildman–Crippen LogP) is 4.33. The van der Waals surface area contributed by atoms with E-state index in [1.165, 1.54) is 27.9 Å². The molecule has 31 heavy (non-hydrogen) atoms. The number of carbonyl (C=O) groups excluding carboxylic acids is 2. The maximum atomic E-state index is 12.5. The lowest BCUT2D eigenvalue weighted by Gasteiger charge is -2.08. The summed E-state index contributed by atoms with van der Waals surface area (Å²) >= 11 is 7.30. The molecule has 156 valence electrons. The Morgan fingerprint density at radius 2 is 1.90 bits per heavy atom. The van der Waals surface area contributed by atoms with Gasteiger partial charge in [-0.3, -0.25) is 14.0 Å². The van der Waals surface area contributed by atoms with Gasteiger partial charge in [0.15, 0.2) is 4.96 Å². The molecule has 2 aromatic carbocycles. The summed E-state index contributed by atoms with van der Waals surface area (Å²) in [5.74, 6) is -0.944. The fourth-order valence-corrected chi connectivity index (χ4v) is 3.95. The molecule has 2 aromatic heterocycles. The minimum Gasteiger partial charge on any atom is -0.456 e. The van der Waals surface area contributed by atoms with Crippen molar-refractivity contribution in [3.63, 3.8) is 0 Å². The van der Waals surface area contributed by atoms with E-state index >= 15 is 0 Å². The first-order valence-electron chi connectivity index (χ1n) is 9.22. The molecule has 1 N–H and O–H groups in total. The van der Waals surface area contributed by atoms with Crippen molar-refractivity contribution in [2.45, 2.75) is 13.5 Å². The molecule has 0 aliphatic rings. The van der Waals surface area contributed by atoms with Crippen molar-refractivity contribution < 1.29 is 14.3 Å². The zero-order valence-electron chi connectivity index (χ0n) is 16.3. The Morgan fingerprint density at radius 3 is 2.71 bits per heavy atom. The molecule has 0 unspecified atom stereocenters. The number of fused-ring (bicyclic) bond motifs is 1. The highest BCUT2D eigenvalue weighted by Gasteiger charge is 2.12. The average molecular weight is 454 g/mol. The minimum absolute atomic E-state index is 0.138. The Labute approximate surface area is 185 Å². The summed E-state index contributed by atoms with van der Waals surface area (Å²) in [7, 11) is 0. The Bertz CT molecular complexity index is 1360. The molecule has 0 radical (unpaired) electrons. The van der Waals surface area contributed by atoms with Crippen LogP contribution >= 0.6 is 22.9 Å². The number of halogens is 1. The number of benzene rings is 2. The average Bonchev–Trinajstić information content (AvgIpc) is 3.13. The summed E-state index contributed by atoms with van der Waals surface area (Å²) in [4.78, 5) is 42.8. The molecule has 4 aromatic rings. The van der Waals surface area contributed by atoms with Crippen LogP contribution in [0.5, 0.6) is 0 Å². The van der Waals surface area contributed by atoms with Crippen LogP contribution in [-0.2, 0) is 11.3 Å². The maximum Gasteiger partial charge on any atom is 0.338 e. The van der Waals surface area contributed by atoms with E-state index in [0.717, 1.165) is 4.88 Å². The Hall–Kier alpha value is -3.49. The van der Waals surface area contributed by atoms with Gasteiger partial charge < -0.3 is 10.1 Å². The second-order valence-electron chi connectivity index (χ2n) is 6.70. The highest BCUT2D eigenvalue weighted by atomic mass is 35.5. The Kier molecular flexibility index (Phi) is 5.83. The first kappa shape index (κ1) is 20.8. The van der Waals surface area contributed by atoms with E-state index < -0.39 is 5.97 Å². The highest BCUT2D eigenvalue weighted by molar-refractivity contribution is 7.16. The van der Waals surface area contributed by atoms with Crippen molar-refractivity contribution in [2.24, 2.45) is 0 Å². The predicted molar refractivity (Wildman–Crippen MR) is 119 cm³/mol. The first-order chi connectivity index (χ1) is 14.9. The number of thiazole rings is 1. The third-order valence-electron chi connectivity index (χ3n) is 4.33. The zero-order chi connectivity index (χ0) is 22.0. The number of rotatable bonds is 5. The van der Waals surface area contributed by atoms with Crippen LogP contribution in [-0.4, -0.2) is 21.3 Å². The number of amides is 1. The molecule has 9 heteroatoms. The third-order valence-corrected chi connectivity index (χ3v) is 5.46. The topological polar surface area (TPSA) is 89.8 Å². The molecule has 7 nitrogen and oxygen atoms in total. The molecule has 0 spiro atoms. The molecule has 0 saturated carbocycles. The summed E-state index contributed by atoms with van der Waals surface area (Å²) in [6, 6.07) is 14.3. The number of nitrogens with zero attached hydrogens (tertiary/aromatic N) is 2. The molecule has 0 fully saturated rings. The lowest BCUT2D eigenvalue weighted by Crippen LogP contribution is -2.15. The van der Waals surface area contributed by atoms with E-state index in [2.05, 4.69) is 10.3 Å². The molecular formula is C22H16ClN3O4S. The van der Waals surface area contributed by atoms with Crippen LogP contribution < -0.4 is 10.9 Å². The fraction of sp³-hybridized carbons (Fsp3) is 0.0909. The van der Waals surface area contributed by atoms with Gasteiger partial charge in [-0.1, -0.05) is 23.7 Å². The van der Waals surface area contributed by atoms with Gasteiger partial charge in [0.25, 0.3) is 11.5 Å². The summed E-state index contributed by atoms with van der Waals surface area (Å²) in [6.07, 6.45) is 1.72. The number of anilines is 1. The number of esters is 1. The van der Waals surface area contributed by atoms with Crippen molar-refractivity contribution in [3.8, 4) is 0 Å². The van der Waals surface area contributed by atoms with Crippen molar-refractivity contribution in [2.75, 3.05) is 5.32 Å². The molecular weight excluding hydrogens is 438 g/mol. The summed E-state index contributed by atoms with van der Waals surface area (Å²) in [5, 5.41) is 3.18. The second kappa shape index (κ2) is 8.71. The van der Waals surface area contributed by atoms with E-state index in [0.29, 0.717) is 26.9 Å². The van der Waals surface area contributed by atoms with E-state index in [1.807, 2.05) is 6.92 Å². The van der Waals surface area contributed by atoms with Crippen LogP contribution in [0.1, 0.15) is 31.3 Å². The summed E-state index contributed by atoms with van der Waals surface area (Å²) in [6.45, 7) is 1.75. The fourth-order valence-electron chi connectivity index (χ4n) is 2.91. The van der Waals surface area contributed by atoms with Crippen LogP contribution in [0, 0.1) is 6.92 Å². The molecule has 0 atom stereocenters. The maximum absolute atomic E-state index is 12.5. The summed E-state index contributed by atoms with van der Waals surface area (Å²) < 4.78 is 6.77. The SMILES string of the molecule is Cc1cn2c(=O)cc(COC(=O)c3cccc(NC(=O)c4cccc(Cl)c4)c3)nc2s1. The quantitative estimate of drug-likeness (QED) is 0.454. The number of aryl methyl sites for hydroxylation is 1. The number of hydrogen-bond donors (Lipinski definition) is 1. The van der Waals surface area contributed by atoms with Crippen molar-refractivity contribution in [1.29, 1.82) is 0 Å². The Morgan fingerprint density at radius 1 is 1.13 bits per heavy atom. The van der Waals surface area contributed by atoms with Gasteiger partial charge in [-0.25, -0.2) is 9.78 Å². The largest absolute Gasteiger partial charge is 0.456 e.